The van der Waals surface area contributed by atoms with Gasteiger partial charge in [-0.2, -0.15) is 0 Å². The van der Waals surface area contributed by atoms with E-state index in [0.29, 0.717) is 24.0 Å². The number of thiophene rings is 1. The number of amides is 2. The highest BCUT2D eigenvalue weighted by Gasteiger charge is 2.20. The van der Waals surface area contributed by atoms with Gasteiger partial charge in [-0.1, -0.05) is 0 Å². The smallest absolute Gasteiger partial charge is 0.261 e. The lowest BCUT2D eigenvalue weighted by Gasteiger charge is -2.31. The van der Waals surface area contributed by atoms with Gasteiger partial charge in [-0.15, -0.1) is 11.3 Å². The summed E-state index contributed by atoms with van der Waals surface area (Å²) in [6.45, 7) is 4.30. The summed E-state index contributed by atoms with van der Waals surface area (Å²) in [4.78, 5) is 26.2. The van der Waals surface area contributed by atoms with E-state index in [1.54, 1.807) is 11.0 Å². The van der Waals surface area contributed by atoms with Gasteiger partial charge in [0, 0.05) is 25.7 Å². The second kappa shape index (κ2) is 6.49. The molecule has 2 heterocycles. The SMILES string of the molecule is C[C@@H]1CN(C(=O)CNC(=O)c2ccc(Br)s2)CCN1. The van der Waals surface area contributed by atoms with Gasteiger partial charge in [-0.05, 0) is 35.0 Å². The van der Waals surface area contributed by atoms with E-state index in [1.807, 2.05) is 13.0 Å². The Bertz CT molecular complexity index is 477. The van der Waals surface area contributed by atoms with Gasteiger partial charge in [0.25, 0.3) is 5.91 Å². The van der Waals surface area contributed by atoms with Crippen LogP contribution in [0.15, 0.2) is 15.9 Å². The molecule has 1 saturated heterocycles. The molecule has 2 amide bonds. The van der Waals surface area contributed by atoms with Crippen LogP contribution >= 0.6 is 27.3 Å². The molecule has 2 rings (SSSR count). The molecule has 0 aromatic carbocycles. The van der Waals surface area contributed by atoms with Crippen LogP contribution in [0.5, 0.6) is 0 Å². The standard InChI is InChI=1S/C12H16BrN3O2S/c1-8-7-16(5-4-14-8)11(17)6-15-12(18)9-2-3-10(13)19-9/h2-3,8,14H,4-7H2,1H3,(H,15,18)/t8-/m1/s1. The first-order valence-electron chi connectivity index (χ1n) is 6.11. The van der Waals surface area contributed by atoms with E-state index in [9.17, 15) is 9.59 Å². The summed E-state index contributed by atoms with van der Waals surface area (Å²) in [7, 11) is 0. The molecule has 1 aromatic rings. The van der Waals surface area contributed by atoms with Gasteiger partial charge in [0.05, 0.1) is 15.2 Å². The molecule has 1 aliphatic heterocycles. The first-order valence-corrected chi connectivity index (χ1v) is 7.72. The molecule has 0 radical (unpaired) electrons. The second-order valence-corrected chi connectivity index (χ2v) is 6.94. The predicted octanol–water partition coefficient (Wildman–Crippen LogP) is 1.06. The van der Waals surface area contributed by atoms with Crippen LogP contribution in [0.3, 0.4) is 0 Å². The largest absolute Gasteiger partial charge is 0.342 e. The summed E-state index contributed by atoms with van der Waals surface area (Å²) in [5.41, 5.74) is 0. The van der Waals surface area contributed by atoms with Crippen molar-refractivity contribution >= 4 is 39.1 Å². The maximum atomic E-state index is 12.0. The fourth-order valence-electron chi connectivity index (χ4n) is 1.95. The lowest BCUT2D eigenvalue weighted by atomic mass is 10.2. The Balaban J connectivity index is 1.81. The summed E-state index contributed by atoms with van der Waals surface area (Å²) in [6, 6.07) is 3.86. The van der Waals surface area contributed by atoms with Crippen molar-refractivity contribution in [3.05, 3.63) is 20.8 Å². The van der Waals surface area contributed by atoms with Gasteiger partial charge in [0.1, 0.15) is 0 Å². The van der Waals surface area contributed by atoms with Crippen molar-refractivity contribution in [1.82, 2.24) is 15.5 Å². The topological polar surface area (TPSA) is 61.4 Å². The number of hydrogen-bond acceptors (Lipinski definition) is 4. The molecule has 0 spiro atoms. The van der Waals surface area contributed by atoms with Crippen LogP contribution in [0.4, 0.5) is 0 Å². The molecule has 1 aliphatic rings. The maximum absolute atomic E-state index is 12.0. The number of nitrogens with one attached hydrogen (secondary N) is 2. The Morgan fingerprint density at radius 2 is 2.37 bits per heavy atom. The van der Waals surface area contributed by atoms with Gasteiger partial charge in [0.2, 0.25) is 5.91 Å². The molecular formula is C12H16BrN3O2S. The van der Waals surface area contributed by atoms with E-state index < -0.39 is 0 Å². The van der Waals surface area contributed by atoms with E-state index >= 15 is 0 Å². The molecule has 0 saturated carbocycles. The molecular weight excluding hydrogens is 330 g/mol. The van der Waals surface area contributed by atoms with Crippen LogP contribution in [0.25, 0.3) is 0 Å². The average molecular weight is 346 g/mol. The molecule has 5 nitrogen and oxygen atoms in total. The minimum Gasteiger partial charge on any atom is -0.342 e. The predicted molar refractivity (Wildman–Crippen MR) is 78.4 cm³/mol. The van der Waals surface area contributed by atoms with Gasteiger partial charge in [-0.3, -0.25) is 9.59 Å². The minimum atomic E-state index is -0.202. The number of carbonyl (C=O) groups excluding carboxylic acids is 2. The molecule has 1 aromatic heterocycles. The van der Waals surface area contributed by atoms with Crippen molar-refractivity contribution in [3.8, 4) is 0 Å². The molecule has 0 bridgehead atoms. The zero-order chi connectivity index (χ0) is 13.8. The summed E-state index contributed by atoms with van der Waals surface area (Å²) in [5.74, 6) is -0.232. The first-order chi connectivity index (χ1) is 9.06. The van der Waals surface area contributed by atoms with E-state index in [2.05, 4.69) is 26.6 Å². The van der Waals surface area contributed by atoms with Gasteiger partial charge < -0.3 is 15.5 Å². The van der Waals surface area contributed by atoms with Crippen molar-refractivity contribution < 1.29 is 9.59 Å². The Morgan fingerprint density at radius 3 is 3.00 bits per heavy atom. The van der Waals surface area contributed by atoms with Crippen LogP contribution in [0.2, 0.25) is 0 Å². The van der Waals surface area contributed by atoms with Crippen LogP contribution < -0.4 is 10.6 Å². The molecule has 7 heteroatoms. The highest BCUT2D eigenvalue weighted by atomic mass is 79.9. The Labute approximate surface area is 124 Å². The summed E-state index contributed by atoms with van der Waals surface area (Å²) in [6.07, 6.45) is 0. The Hall–Kier alpha value is -0.920. The molecule has 1 fully saturated rings. The van der Waals surface area contributed by atoms with Crippen LogP contribution in [0.1, 0.15) is 16.6 Å². The number of halogens is 1. The lowest BCUT2D eigenvalue weighted by molar-refractivity contribution is -0.131. The number of nitrogens with zero attached hydrogens (tertiary/aromatic N) is 1. The maximum Gasteiger partial charge on any atom is 0.261 e. The molecule has 1 atom stereocenters. The summed E-state index contributed by atoms with van der Waals surface area (Å²) in [5, 5.41) is 5.94. The Kier molecular flexibility index (Phi) is 4.95. The molecule has 0 unspecified atom stereocenters. The van der Waals surface area contributed by atoms with Crippen molar-refractivity contribution in [2.24, 2.45) is 0 Å². The van der Waals surface area contributed by atoms with Crippen LogP contribution in [0, 0.1) is 0 Å². The number of hydrogen-bond donors (Lipinski definition) is 2. The normalized spacial score (nSPS) is 19.3. The van der Waals surface area contributed by atoms with Gasteiger partial charge >= 0.3 is 0 Å². The highest BCUT2D eigenvalue weighted by Crippen LogP contribution is 2.21. The molecule has 0 aliphatic carbocycles. The third-order valence-electron chi connectivity index (χ3n) is 2.92. The number of carbonyl (C=O) groups is 2. The molecule has 2 N–H and O–H groups in total. The van der Waals surface area contributed by atoms with Crippen molar-refractivity contribution in [1.29, 1.82) is 0 Å². The zero-order valence-corrected chi connectivity index (χ0v) is 13.0. The van der Waals surface area contributed by atoms with E-state index in [4.69, 9.17) is 0 Å². The van der Waals surface area contributed by atoms with E-state index in [-0.39, 0.29) is 18.4 Å². The fraction of sp³-hybridized carbons (Fsp3) is 0.500. The molecule has 104 valence electrons. The van der Waals surface area contributed by atoms with Gasteiger partial charge in [0.15, 0.2) is 0 Å². The minimum absolute atomic E-state index is 0.0303. The van der Waals surface area contributed by atoms with Gasteiger partial charge in [-0.25, -0.2) is 0 Å². The van der Waals surface area contributed by atoms with Crippen molar-refractivity contribution in [2.75, 3.05) is 26.2 Å². The fourth-order valence-corrected chi connectivity index (χ4v) is 3.25. The first kappa shape index (κ1) is 14.5. The quantitative estimate of drug-likeness (QED) is 0.861. The third kappa shape index (κ3) is 4.02. The van der Waals surface area contributed by atoms with Crippen LogP contribution in [-0.4, -0.2) is 48.9 Å². The van der Waals surface area contributed by atoms with E-state index in [1.165, 1.54) is 11.3 Å². The molecule has 19 heavy (non-hydrogen) atoms. The highest BCUT2D eigenvalue weighted by molar-refractivity contribution is 9.11. The number of piperazine rings is 1. The average Bonchev–Trinajstić information content (AvgIpc) is 2.82. The van der Waals surface area contributed by atoms with Crippen molar-refractivity contribution in [2.45, 2.75) is 13.0 Å². The van der Waals surface area contributed by atoms with Crippen molar-refractivity contribution in [3.63, 3.8) is 0 Å². The summed E-state index contributed by atoms with van der Waals surface area (Å²) >= 11 is 4.66. The van der Waals surface area contributed by atoms with Crippen LogP contribution in [-0.2, 0) is 4.79 Å². The van der Waals surface area contributed by atoms with E-state index in [0.717, 1.165) is 10.3 Å². The monoisotopic (exact) mass is 345 g/mol. The second-order valence-electron chi connectivity index (χ2n) is 4.48. The third-order valence-corrected chi connectivity index (χ3v) is 4.54. The Morgan fingerprint density at radius 1 is 1.58 bits per heavy atom. The lowest BCUT2D eigenvalue weighted by Crippen LogP contribution is -2.53. The summed E-state index contributed by atoms with van der Waals surface area (Å²) < 4.78 is 0.903. The zero-order valence-electron chi connectivity index (χ0n) is 10.6. The number of rotatable bonds is 3.